The van der Waals surface area contributed by atoms with Crippen LogP contribution >= 0.6 is 0 Å². The molecule has 1 fully saturated rings. The van der Waals surface area contributed by atoms with Crippen molar-refractivity contribution in [2.75, 3.05) is 40.5 Å². The highest BCUT2D eigenvalue weighted by molar-refractivity contribution is 6.23. The van der Waals surface area contributed by atoms with Gasteiger partial charge in [-0.05, 0) is 56.7 Å². The minimum absolute atomic E-state index is 0.111. The molecule has 0 saturated carbocycles. The summed E-state index contributed by atoms with van der Waals surface area (Å²) < 4.78 is 5.09. The van der Waals surface area contributed by atoms with Crippen molar-refractivity contribution in [2.45, 2.75) is 45.6 Å². The number of aliphatic hydroxyl groups is 1. The number of aliphatic hydroxyl groups excluding tert-OH is 1. The third kappa shape index (κ3) is 3.92. The Kier molecular flexibility index (Phi) is 6.63. The Balaban J connectivity index is 2.01. The van der Waals surface area contributed by atoms with Crippen molar-refractivity contribution in [3.63, 3.8) is 0 Å². The van der Waals surface area contributed by atoms with Crippen LogP contribution in [0.5, 0.6) is 0 Å². The lowest BCUT2D eigenvalue weighted by molar-refractivity contribution is -0.233. The van der Waals surface area contributed by atoms with Crippen molar-refractivity contribution in [1.82, 2.24) is 10.1 Å². The van der Waals surface area contributed by atoms with Gasteiger partial charge in [0.05, 0.1) is 19.3 Å². The summed E-state index contributed by atoms with van der Waals surface area (Å²) in [5.41, 5.74) is 3.38. The van der Waals surface area contributed by atoms with Gasteiger partial charge in [-0.3, -0.25) is 9.63 Å². The normalized spacial score (nSPS) is 19.6. The van der Waals surface area contributed by atoms with Gasteiger partial charge in [0.25, 0.3) is 5.91 Å². The van der Waals surface area contributed by atoms with Crippen LogP contribution in [0.4, 0.5) is 0 Å². The number of hydrogen-bond donors (Lipinski definition) is 1. The molecule has 3 rings (SSSR count). The van der Waals surface area contributed by atoms with Crippen molar-refractivity contribution in [1.29, 1.82) is 0 Å². The molecule has 160 valence electrons. The maximum atomic E-state index is 13.5. The molecule has 1 amide bonds. The quantitative estimate of drug-likeness (QED) is 0.704. The zero-order valence-corrected chi connectivity index (χ0v) is 18.1. The van der Waals surface area contributed by atoms with Gasteiger partial charge in [-0.15, -0.1) is 0 Å². The zero-order chi connectivity index (χ0) is 21.2. The van der Waals surface area contributed by atoms with E-state index in [2.05, 4.69) is 0 Å². The van der Waals surface area contributed by atoms with Gasteiger partial charge < -0.3 is 14.7 Å². The summed E-state index contributed by atoms with van der Waals surface area (Å²) in [7, 11) is 3.27. The third-order valence-corrected chi connectivity index (χ3v) is 5.91. The van der Waals surface area contributed by atoms with Crippen LogP contribution in [-0.4, -0.2) is 67.2 Å². The maximum Gasteiger partial charge on any atom is 0.282 e. The largest absolute Gasteiger partial charge is 0.509 e. The van der Waals surface area contributed by atoms with E-state index in [4.69, 9.17) is 14.4 Å². The first-order valence-electron chi connectivity index (χ1n) is 10.1. The molecule has 2 aliphatic rings. The third-order valence-electron chi connectivity index (χ3n) is 5.91. The average Bonchev–Trinajstić information content (AvgIpc) is 2.87. The van der Waals surface area contributed by atoms with Crippen LogP contribution in [0.3, 0.4) is 0 Å². The SMILES string of the molecule is COCCCON1C(=O)C(c2c(C)cc(C)cc2C)=C(O)C12CCN(OC)CC2. The van der Waals surface area contributed by atoms with Gasteiger partial charge in [0.1, 0.15) is 11.3 Å². The predicted octanol–water partition coefficient (Wildman–Crippen LogP) is 3.09. The van der Waals surface area contributed by atoms with Crippen molar-refractivity contribution in [3.05, 3.63) is 40.1 Å². The number of hydrogen-bond acceptors (Lipinski definition) is 6. The molecule has 0 aromatic heterocycles. The first kappa shape index (κ1) is 21.8. The number of carbonyl (C=O) groups excluding carboxylic acids is 1. The highest BCUT2D eigenvalue weighted by atomic mass is 16.7. The molecule has 29 heavy (non-hydrogen) atoms. The molecular formula is C22H32N2O5. The minimum atomic E-state index is -0.863. The summed E-state index contributed by atoms with van der Waals surface area (Å²) in [4.78, 5) is 24.8. The molecule has 0 radical (unpaired) electrons. The predicted molar refractivity (Wildman–Crippen MR) is 110 cm³/mol. The van der Waals surface area contributed by atoms with Crippen LogP contribution in [0.2, 0.25) is 0 Å². The Bertz CT molecular complexity index is 773. The van der Waals surface area contributed by atoms with Crippen molar-refractivity contribution >= 4 is 11.5 Å². The molecule has 1 N–H and O–H groups in total. The van der Waals surface area contributed by atoms with Gasteiger partial charge in [-0.2, -0.15) is 5.06 Å². The summed E-state index contributed by atoms with van der Waals surface area (Å²) in [6.07, 6.45) is 1.74. The summed E-state index contributed by atoms with van der Waals surface area (Å²) in [6, 6.07) is 4.08. The lowest BCUT2D eigenvalue weighted by atomic mass is 9.85. The molecule has 1 aromatic rings. The molecule has 2 aliphatic heterocycles. The molecule has 1 spiro atoms. The lowest BCUT2D eigenvalue weighted by Gasteiger charge is -2.42. The van der Waals surface area contributed by atoms with Crippen molar-refractivity contribution in [2.24, 2.45) is 0 Å². The number of piperidine rings is 1. The van der Waals surface area contributed by atoms with E-state index in [1.165, 1.54) is 5.06 Å². The van der Waals surface area contributed by atoms with E-state index in [1.54, 1.807) is 14.2 Å². The smallest absolute Gasteiger partial charge is 0.282 e. The fourth-order valence-electron chi connectivity index (χ4n) is 4.55. The first-order valence-corrected chi connectivity index (χ1v) is 10.1. The van der Waals surface area contributed by atoms with Gasteiger partial charge >= 0.3 is 0 Å². The molecule has 0 unspecified atom stereocenters. The van der Waals surface area contributed by atoms with Gasteiger partial charge in [0.2, 0.25) is 0 Å². The number of aryl methyl sites for hydroxylation is 3. The van der Waals surface area contributed by atoms with Gasteiger partial charge in [-0.25, -0.2) is 5.06 Å². The van der Waals surface area contributed by atoms with Crippen molar-refractivity contribution in [3.8, 4) is 0 Å². The standard InChI is InChI=1S/C22H32N2O5/c1-15-13-16(2)18(17(3)14-15)19-20(25)22(7-9-23(28-5)10-8-22)24(21(19)26)29-12-6-11-27-4/h13-14,25H,6-12H2,1-5H3. The van der Waals surface area contributed by atoms with Crippen molar-refractivity contribution < 1.29 is 24.3 Å². The monoisotopic (exact) mass is 404 g/mol. The zero-order valence-electron chi connectivity index (χ0n) is 18.1. The van der Waals surface area contributed by atoms with E-state index < -0.39 is 5.54 Å². The summed E-state index contributed by atoms with van der Waals surface area (Å²) >= 11 is 0. The molecule has 0 atom stereocenters. The Morgan fingerprint density at radius 3 is 2.24 bits per heavy atom. The van der Waals surface area contributed by atoms with Gasteiger partial charge in [0, 0.05) is 26.8 Å². The molecule has 1 saturated heterocycles. The molecule has 0 aliphatic carbocycles. The number of nitrogens with zero attached hydrogens (tertiary/aromatic N) is 2. The molecular weight excluding hydrogens is 372 g/mol. The van der Waals surface area contributed by atoms with Gasteiger partial charge in [0.15, 0.2) is 0 Å². The Morgan fingerprint density at radius 2 is 1.69 bits per heavy atom. The molecule has 7 heteroatoms. The topological polar surface area (TPSA) is 71.5 Å². The van der Waals surface area contributed by atoms with E-state index >= 15 is 0 Å². The van der Waals surface area contributed by atoms with Crippen LogP contribution < -0.4 is 0 Å². The second-order valence-electron chi connectivity index (χ2n) is 7.92. The minimum Gasteiger partial charge on any atom is -0.509 e. The Morgan fingerprint density at radius 1 is 1.07 bits per heavy atom. The average molecular weight is 405 g/mol. The van der Waals surface area contributed by atoms with Crippen LogP contribution in [0.15, 0.2) is 17.9 Å². The first-order chi connectivity index (χ1) is 13.9. The van der Waals surface area contributed by atoms with E-state index in [1.807, 2.05) is 38.0 Å². The van der Waals surface area contributed by atoms with E-state index in [0.29, 0.717) is 51.1 Å². The summed E-state index contributed by atoms with van der Waals surface area (Å²) in [6.45, 7) is 8.09. The van der Waals surface area contributed by atoms with Crippen LogP contribution in [0.25, 0.3) is 5.57 Å². The molecule has 1 aromatic carbocycles. The number of carbonyl (C=O) groups is 1. The highest BCUT2D eigenvalue weighted by Gasteiger charge is 2.55. The molecule has 0 bridgehead atoms. The fourth-order valence-corrected chi connectivity index (χ4v) is 4.55. The van der Waals surface area contributed by atoms with Crippen LogP contribution in [0.1, 0.15) is 41.5 Å². The lowest BCUT2D eigenvalue weighted by Crippen LogP contribution is -2.55. The van der Waals surface area contributed by atoms with E-state index in [-0.39, 0.29) is 11.7 Å². The molecule has 2 heterocycles. The van der Waals surface area contributed by atoms with Gasteiger partial charge in [-0.1, -0.05) is 17.7 Å². The number of rotatable bonds is 7. The van der Waals surface area contributed by atoms with Crippen LogP contribution in [-0.2, 0) is 19.2 Å². The summed E-state index contributed by atoms with van der Waals surface area (Å²) in [5, 5.41) is 14.6. The second kappa shape index (κ2) is 8.83. The van der Waals surface area contributed by atoms with E-state index in [0.717, 1.165) is 22.3 Å². The van der Waals surface area contributed by atoms with E-state index in [9.17, 15) is 9.90 Å². The number of amides is 1. The molecule has 7 nitrogen and oxygen atoms in total. The number of hydroxylamine groups is 4. The van der Waals surface area contributed by atoms with Crippen LogP contribution in [0, 0.1) is 20.8 Å². The summed E-state index contributed by atoms with van der Waals surface area (Å²) in [5.74, 6) is -0.166. The highest BCUT2D eigenvalue weighted by Crippen LogP contribution is 2.46. The fraction of sp³-hybridized carbons (Fsp3) is 0.591. The maximum absolute atomic E-state index is 13.5. The second-order valence-corrected chi connectivity index (χ2v) is 7.92. The Hall–Kier alpha value is -1.93. The number of benzene rings is 1. The Labute approximate surface area is 172 Å². The number of methoxy groups -OCH3 is 1. The number of ether oxygens (including phenoxy) is 1.